The average Bonchev–Trinajstić information content (AvgIpc) is 2.65. The van der Waals surface area contributed by atoms with E-state index in [9.17, 15) is 4.79 Å². The SMILES string of the molecule is COc1cccc(CCNCC(=O)Nc2c(C(C)C)cccc2C(C)C)c1. The van der Waals surface area contributed by atoms with Crippen molar-refractivity contribution in [3.8, 4) is 5.75 Å². The minimum absolute atomic E-state index is 0.00403. The highest BCUT2D eigenvalue weighted by atomic mass is 16.5. The molecule has 0 aliphatic carbocycles. The standard InChI is InChI=1S/C23H32N2O2/c1-16(2)20-10-7-11-21(17(3)4)23(20)25-22(26)15-24-13-12-18-8-6-9-19(14-18)27-5/h6-11,14,16-17,24H,12-13,15H2,1-5H3,(H,25,26). The van der Waals surface area contributed by atoms with E-state index in [4.69, 9.17) is 4.74 Å². The number of anilines is 1. The molecule has 0 aliphatic rings. The monoisotopic (exact) mass is 368 g/mol. The lowest BCUT2D eigenvalue weighted by Crippen LogP contribution is -2.30. The number of methoxy groups -OCH3 is 1. The molecule has 4 heteroatoms. The number of rotatable bonds is 9. The maximum absolute atomic E-state index is 12.5. The Kier molecular flexibility index (Phi) is 7.86. The molecule has 0 spiro atoms. The predicted molar refractivity (Wildman–Crippen MR) is 113 cm³/mol. The highest BCUT2D eigenvalue weighted by Crippen LogP contribution is 2.32. The van der Waals surface area contributed by atoms with Crippen molar-refractivity contribution >= 4 is 11.6 Å². The third-order valence-electron chi connectivity index (χ3n) is 4.65. The van der Waals surface area contributed by atoms with Gasteiger partial charge in [0.05, 0.1) is 13.7 Å². The van der Waals surface area contributed by atoms with Gasteiger partial charge in [-0.3, -0.25) is 4.79 Å². The van der Waals surface area contributed by atoms with E-state index in [1.807, 2.05) is 18.2 Å². The van der Waals surface area contributed by atoms with Crippen molar-refractivity contribution in [3.63, 3.8) is 0 Å². The highest BCUT2D eigenvalue weighted by Gasteiger charge is 2.15. The van der Waals surface area contributed by atoms with Gasteiger partial charge in [0, 0.05) is 5.69 Å². The molecule has 0 saturated carbocycles. The van der Waals surface area contributed by atoms with Crippen LogP contribution in [0.25, 0.3) is 0 Å². The zero-order valence-electron chi connectivity index (χ0n) is 17.1. The first kappa shape index (κ1) is 21.0. The van der Waals surface area contributed by atoms with Crippen LogP contribution in [-0.4, -0.2) is 26.1 Å². The molecular weight excluding hydrogens is 336 g/mol. The first-order valence-corrected chi connectivity index (χ1v) is 9.68. The summed E-state index contributed by atoms with van der Waals surface area (Å²) in [6, 6.07) is 14.3. The van der Waals surface area contributed by atoms with Crippen LogP contribution in [0.3, 0.4) is 0 Å². The molecule has 0 atom stereocenters. The number of hydrogen-bond donors (Lipinski definition) is 2. The summed E-state index contributed by atoms with van der Waals surface area (Å²) in [4.78, 5) is 12.5. The van der Waals surface area contributed by atoms with Gasteiger partial charge in [0.1, 0.15) is 5.75 Å². The normalized spacial score (nSPS) is 11.1. The summed E-state index contributed by atoms with van der Waals surface area (Å²) in [6.45, 7) is 9.66. The fourth-order valence-electron chi connectivity index (χ4n) is 3.14. The molecule has 146 valence electrons. The zero-order valence-corrected chi connectivity index (χ0v) is 17.1. The number of benzene rings is 2. The van der Waals surface area contributed by atoms with Crippen LogP contribution in [0, 0.1) is 0 Å². The Morgan fingerprint density at radius 2 is 1.63 bits per heavy atom. The number of nitrogens with one attached hydrogen (secondary N) is 2. The molecule has 0 aromatic heterocycles. The Labute approximate surface area is 163 Å². The molecule has 2 aromatic rings. The van der Waals surface area contributed by atoms with Crippen molar-refractivity contribution in [2.75, 3.05) is 25.5 Å². The van der Waals surface area contributed by atoms with Crippen LogP contribution >= 0.6 is 0 Å². The molecule has 4 nitrogen and oxygen atoms in total. The number of hydrogen-bond acceptors (Lipinski definition) is 3. The van der Waals surface area contributed by atoms with E-state index in [1.165, 1.54) is 16.7 Å². The van der Waals surface area contributed by atoms with Crippen LogP contribution in [0.2, 0.25) is 0 Å². The Hall–Kier alpha value is -2.33. The molecule has 0 saturated heterocycles. The van der Waals surface area contributed by atoms with Crippen molar-refractivity contribution in [1.82, 2.24) is 5.32 Å². The molecule has 0 aliphatic heterocycles. The Balaban J connectivity index is 1.92. The molecule has 1 amide bonds. The topological polar surface area (TPSA) is 50.4 Å². The molecular formula is C23H32N2O2. The number of carbonyl (C=O) groups excluding carboxylic acids is 1. The number of para-hydroxylation sites is 1. The minimum atomic E-state index is -0.00403. The molecule has 0 bridgehead atoms. The lowest BCUT2D eigenvalue weighted by molar-refractivity contribution is -0.115. The second-order valence-corrected chi connectivity index (χ2v) is 7.45. The highest BCUT2D eigenvalue weighted by molar-refractivity contribution is 5.94. The molecule has 0 fully saturated rings. The fraction of sp³-hybridized carbons (Fsp3) is 0.435. The van der Waals surface area contributed by atoms with Gasteiger partial charge in [-0.2, -0.15) is 0 Å². The summed E-state index contributed by atoms with van der Waals surface area (Å²) in [6.07, 6.45) is 0.851. The summed E-state index contributed by atoms with van der Waals surface area (Å²) in [7, 11) is 1.67. The van der Waals surface area contributed by atoms with E-state index in [-0.39, 0.29) is 5.91 Å². The van der Waals surface area contributed by atoms with Crippen molar-refractivity contribution < 1.29 is 9.53 Å². The summed E-state index contributed by atoms with van der Waals surface area (Å²) in [5.74, 6) is 1.58. The van der Waals surface area contributed by atoms with Crippen LogP contribution in [0.1, 0.15) is 56.2 Å². The van der Waals surface area contributed by atoms with Gasteiger partial charge in [-0.15, -0.1) is 0 Å². The number of amides is 1. The van der Waals surface area contributed by atoms with Crippen LogP contribution < -0.4 is 15.4 Å². The minimum Gasteiger partial charge on any atom is -0.497 e. The van der Waals surface area contributed by atoms with Crippen LogP contribution in [0.4, 0.5) is 5.69 Å². The maximum Gasteiger partial charge on any atom is 0.238 e. The third-order valence-corrected chi connectivity index (χ3v) is 4.65. The zero-order chi connectivity index (χ0) is 19.8. The Morgan fingerprint density at radius 3 is 2.22 bits per heavy atom. The molecule has 0 heterocycles. The van der Waals surface area contributed by atoms with Crippen LogP contribution in [-0.2, 0) is 11.2 Å². The van der Waals surface area contributed by atoms with E-state index in [1.54, 1.807) is 7.11 Å². The van der Waals surface area contributed by atoms with E-state index >= 15 is 0 Å². The van der Waals surface area contributed by atoms with Gasteiger partial charge in [-0.25, -0.2) is 0 Å². The fourth-order valence-corrected chi connectivity index (χ4v) is 3.14. The summed E-state index contributed by atoms with van der Waals surface area (Å²) in [5, 5.41) is 6.37. The average molecular weight is 369 g/mol. The third kappa shape index (κ3) is 6.10. The molecule has 0 unspecified atom stereocenters. The molecule has 2 N–H and O–H groups in total. The van der Waals surface area contributed by atoms with E-state index in [2.05, 4.69) is 62.6 Å². The van der Waals surface area contributed by atoms with E-state index < -0.39 is 0 Å². The summed E-state index contributed by atoms with van der Waals surface area (Å²) < 4.78 is 5.24. The predicted octanol–water partition coefficient (Wildman–Crippen LogP) is 4.71. The number of carbonyl (C=O) groups is 1. The summed E-state index contributed by atoms with van der Waals surface area (Å²) in [5.41, 5.74) is 4.54. The second kappa shape index (κ2) is 10.1. The van der Waals surface area contributed by atoms with Gasteiger partial charge in [-0.05, 0) is 53.6 Å². The Morgan fingerprint density at radius 1 is 1.00 bits per heavy atom. The molecule has 0 radical (unpaired) electrons. The van der Waals surface area contributed by atoms with Gasteiger partial charge in [-0.1, -0.05) is 58.0 Å². The first-order valence-electron chi connectivity index (χ1n) is 9.68. The van der Waals surface area contributed by atoms with Gasteiger partial charge >= 0.3 is 0 Å². The smallest absolute Gasteiger partial charge is 0.238 e. The maximum atomic E-state index is 12.5. The molecule has 27 heavy (non-hydrogen) atoms. The molecule has 2 aromatic carbocycles. The summed E-state index contributed by atoms with van der Waals surface area (Å²) >= 11 is 0. The lowest BCUT2D eigenvalue weighted by Gasteiger charge is -2.20. The van der Waals surface area contributed by atoms with Crippen LogP contribution in [0.15, 0.2) is 42.5 Å². The number of ether oxygens (including phenoxy) is 1. The van der Waals surface area contributed by atoms with Crippen molar-refractivity contribution in [3.05, 3.63) is 59.2 Å². The van der Waals surface area contributed by atoms with Gasteiger partial charge in [0.2, 0.25) is 5.91 Å². The van der Waals surface area contributed by atoms with E-state index in [0.29, 0.717) is 18.4 Å². The quantitative estimate of drug-likeness (QED) is 0.630. The first-order chi connectivity index (χ1) is 12.9. The molecule has 2 rings (SSSR count). The van der Waals surface area contributed by atoms with Gasteiger partial charge in [0.25, 0.3) is 0 Å². The largest absolute Gasteiger partial charge is 0.497 e. The lowest BCUT2D eigenvalue weighted by atomic mass is 9.92. The second-order valence-electron chi connectivity index (χ2n) is 7.45. The Bertz CT molecular complexity index is 728. The van der Waals surface area contributed by atoms with Gasteiger partial charge < -0.3 is 15.4 Å². The van der Waals surface area contributed by atoms with E-state index in [0.717, 1.165) is 24.4 Å². The van der Waals surface area contributed by atoms with Crippen molar-refractivity contribution in [1.29, 1.82) is 0 Å². The van der Waals surface area contributed by atoms with Crippen LogP contribution in [0.5, 0.6) is 5.75 Å². The van der Waals surface area contributed by atoms with Crippen molar-refractivity contribution in [2.45, 2.75) is 46.0 Å². The van der Waals surface area contributed by atoms with Gasteiger partial charge in [0.15, 0.2) is 0 Å². The van der Waals surface area contributed by atoms with Crippen molar-refractivity contribution in [2.24, 2.45) is 0 Å².